The Balaban J connectivity index is 3.21. The molecule has 1 rings (SSSR count). The molecule has 1 aromatic rings. The van der Waals surface area contributed by atoms with Gasteiger partial charge < -0.3 is 10.5 Å². The normalized spacial score (nSPS) is 11.4. The van der Waals surface area contributed by atoms with Gasteiger partial charge in [0, 0.05) is 10.2 Å². The lowest BCUT2D eigenvalue weighted by atomic mass is 10.0. The summed E-state index contributed by atoms with van der Waals surface area (Å²) in [4.78, 5) is 11.3. The molecular formula is C11H11BrF3NO2. The second kappa shape index (κ2) is 5.60. The Morgan fingerprint density at radius 1 is 1.44 bits per heavy atom. The van der Waals surface area contributed by atoms with Crippen LogP contribution in [0.15, 0.2) is 16.6 Å². The van der Waals surface area contributed by atoms with Gasteiger partial charge in [-0.3, -0.25) is 4.79 Å². The first-order valence-corrected chi connectivity index (χ1v) is 5.86. The van der Waals surface area contributed by atoms with Gasteiger partial charge >= 0.3 is 12.1 Å². The number of ether oxygens (including phenoxy) is 1. The van der Waals surface area contributed by atoms with Crippen LogP contribution in [0.2, 0.25) is 0 Å². The first kappa shape index (κ1) is 14.8. The smallest absolute Gasteiger partial charge is 0.416 e. The summed E-state index contributed by atoms with van der Waals surface area (Å²) < 4.78 is 43.1. The maximum absolute atomic E-state index is 12.8. The third-order valence-corrected chi connectivity index (χ3v) is 3.14. The van der Waals surface area contributed by atoms with Gasteiger partial charge in [0.1, 0.15) is 0 Å². The number of carbonyl (C=O) groups is 1. The first-order valence-electron chi connectivity index (χ1n) is 5.07. The number of halogens is 4. The Morgan fingerprint density at radius 3 is 2.56 bits per heavy atom. The standard InChI is InChI=1S/C11H11BrF3NO2/c1-2-18-9(17)5-6-7(11(13,14)15)3-4-8(16)10(6)12/h3-4H,2,5,16H2,1H3. The van der Waals surface area contributed by atoms with Gasteiger partial charge in [0.05, 0.1) is 18.6 Å². The van der Waals surface area contributed by atoms with Crippen molar-refractivity contribution in [2.75, 3.05) is 12.3 Å². The fourth-order valence-electron chi connectivity index (χ4n) is 1.43. The molecule has 0 aliphatic carbocycles. The molecule has 3 nitrogen and oxygen atoms in total. The predicted molar refractivity (Wildman–Crippen MR) is 63.9 cm³/mol. The largest absolute Gasteiger partial charge is 0.466 e. The zero-order valence-electron chi connectivity index (χ0n) is 9.47. The van der Waals surface area contributed by atoms with Gasteiger partial charge in [-0.05, 0) is 40.5 Å². The Kier molecular flexibility index (Phi) is 4.61. The van der Waals surface area contributed by atoms with Crippen molar-refractivity contribution < 1.29 is 22.7 Å². The number of alkyl halides is 3. The lowest BCUT2D eigenvalue weighted by Crippen LogP contribution is -2.15. The second-order valence-electron chi connectivity index (χ2n) is 3.47. The lowest BCUT2D eigenvalue weighted by molar-refractivity contribution is -0.143. The van der Waals surface area contributed by atoms with Gasteiger partial charge in [0.15, 0.2) is 0 Å². The van der Waals surface area contributed by atoms with Crippen LogP contribution >= 0.6 is 15.9 Å². The summed E-state index contributed by atoms with van der Waals surface area (Å²) in [6, 6.07) is 2.00. The Bertz CT molecular complexity index is 460. The highest BCUT2D eigenvalue weighted by Crippen LogP contribution is 2.37. The molecule has 0 amide bonds. The molecule has 0 heterocycles. The molecule has 0 bridgehead atoms. The van der Waals surface area contributed by atoms with E-state index in [1.54, 1.807) is 6.92 Å². The van der Waals surface area contributed by atoms with Gasteiger partial charge in [-0.1, -0.05) is 0 Å². The molecule has 0 saturated carbocycles. The topological polar surface area (TPSA) is 52.3 Å². The van der Waals surface area contributed by atoms with E-state index in [1.165, 1.54) is 0 Å². The maximum atomic E-state index is 12.8. The summed E-state index contributed by atoms with van der Waals surface area (Å²) >= 11 is 2.97. The molecule has 0 fully saturated rings. The van der Waals surface area contributed by atoms with Gasteiger partial charge in [-0.15, -0.1) is 0 Å². The predicted octanol–water partition coefficient (Wildman–Crippen LogP) is 3.16. The SMILES string of the molecule is CCOC(=O)Cc1c(C(F)(F)F)ccc(N)c1Br. The van der Waals surface area contributed by atoms with Crippen molar-refractivity contribution in [3.8, 4) is 0 Å². The molecule has 18 heavy (non-hydrogen) atoms. The van der Waals surface area contributed by atoms with E-state index in [9.17, 15) is 18.0 Å². The average molecular weight is 326 g/mol. The van der Waals surface area contributed by atoms with E-state index in [2.05, 4.69) is 20.7 Å². The molecule has 0 saturated heterocycles. The highest BCUT2D eigenvalue weighted by Gasteiger charge is 2.35. The molecule has 0 aliphatic heterocycles. The number of benzene rings is 1. The molecule has 1 aromatic carbocycles. The Hall–Kier alpha value is -1.24. The Morgan fingerprint density at radius 2 is 2.06 bits per heavy atom. The number of nitrogen functional groups attached to an aromatic ring is 1. The summed E-state index contributed by atoms with van der Waals surface area (Å²) in [5.41, 5.74) is 4.56. The van der Waals surface area contributed by atoms with E-state index in [0.29, 0.717) is 0 Å². The zero-order valence-corrected chi connectivity index (χ0v) is 11.1. The van der Waals surface area contributed by atoms with E-state index in [-0.39, 0.29) is 22.3 Å². The summed E-state index contributed by atoms with van der Waals surface area (Å²) in [5, 5.41) is 0. The van der Waals surface area contributed by atoms with Crippen LogP contribution in [0, 0.1) is 0 Å². The summed E-state index contributed by atoms with van der Waals surface area (Å²) in [6.07, 6.45) is -5.02. The number of hydrogen-bond acceptors (Lipinski definition) is 3. The third-order valence-electron chi connectivity index (χ3n) is 2.20. The summed E-state index contributed by atoms with van der Waals surface area (Å²) in [7, 11) is 0. The maximum Gasteiger partial charge on any atom is 0.416 e. The van der Waals surface area contributed by atoms with Crippen molar-refractivity contribution in [2.45, 2.75) is 19.5 Å². The summed E-state index contributed by atoms with van der Waals surface area (Å²) in [5.74, 6) is -0.727. The number of carbonyl (C=O) groups excluding carboxylic acids is 1. The molecule has 0 unspecified atom stereocenters. The van der Waals surface area contributed by atoms with Crippen LogP contribution in [-0.2, 0) is 22.1 Å². The first-order chi connectivity index (χ1) is 8.27. The monoisotopic (exact) mass is 325 g/mol. The minimum Gasteiger partial charge on any atom is -0.466 e. The highest BCUT2D eigenvalue weighted by molar-refractivity contribution is 9.10. The minimum atomic E-state index is -4.54. The second-order valence-corrected chi connectivity index (χ2v) is 4.27. The van der Waals surface area contributed by atoms with Crippen LogP contribution in [0.5, 0.6) is 0 Å². The number of rotatable bonds is 3. The fraction of sp³-hybridized carbons (Fsp3) is 0.364. The van der Waals surface area contributed by atoms with Gasteiger partial charge in [0.2, 0.25) is 0 Å². The Labute approximate surface area is 110 Å². The molecule has 7 heteroatoms. The molecule has 0 spiro atoms. The molecule has 100 valence electrons. The van der Waals surface area contributed by atoms with Crippen molar-refractivity contribution in [2.24, 2.45) is 0 Å². The van der Waals surface area contributed by atoms with Crippen LogP contribution in [-0.4, -0.2) is 12.6 Å². The van der Waals surface area contributed by atoms with E-state index >= 15 is 0 Å². The van der Waals surface area contributed by atoms with Crippen molar-refractivity contribution in [3.63, 3.8) is 0 Å². The van der Waals surface area contributed by atoms with Crippen molar-refractivity contribution in [1.82, 2.24) is 0 Å². The van der Waals surface area contributed by atoms with Crippen molar-refractivity contribution in [1.29, 1.82) is 0 Å². The van der Waals surface area contributed by atoms with E-state index in [0.717, 1.165) is 12.1 Å². The van der Waals surface area contributed by atoms with Crippen LogP contribution in [0.1, 0.15) is 18.1 Å². The van der Waals surface area contributed by atoms with Crippen molar-refractivity contribution >= 4 is 27.6 Å². The number of anilines is 1. The van der Waals surface area contributed by atoms with Crippen LogP contribution in [0.3, 0.4) is 0 Å². The van der Waals surface area contributed by atoms with Gasteiger partial charge in [0.25, 0.3) is 0 Å². The molecule has 0 aliphatic rings. The molecular weight excluding hydrogens is 315 g/mol. The van der Waals surface area contributed by atoms with Crippen LogP contribution in [0.4, 0.5) is 18.9 Å². The van der Waals surface area contributed by atoms with Crippen LogP contribution < -0.4 is 5.73 Å². The summed E-state index contributed by atoms with van der Waals surface area (Å²) in [6.45, 7) is 1.69. The van der Waals surface area contributed by atoms with E-state index in [4.69, 9.17) is 5.73 Å². The molecule has 2 N–H and O–H groups in total. The van der Waals surface area contributed by atoms with Gasteiger partial charge in [-0.2, -0.15) is 13.2 Å². The zero-order chi connectivity index (χ0) is 13.9. The quantitative estimate of drug-likeness (QED) is 0.686. The number of hydrogen-bond donors (Lipinski definition) is 1. The van der Waals surface area contributed by atoms with Crippen molar-refractivity contribution in [3.05, 3.63) is 27.7 Å². The molecule has 0 aromatic heterocycles. The van der Waals surface area contributed by atoms with Gasteiger partial charge in [-0.25, -0.2) is 0 Å². The highest BCUT2D eigenvalue weighted by atomic mass is 79.9. The van der Waals surface area contributed by atoms with Crippen LogP contribution in [0.25, 0.3) is 0 Å². The fourth-order valence-corrected chi connectivity index (χ4v) is 1.92. The third kappa shape index (κ3) is 3.38. The van der Waals surface area contributed by atoms with E-state index in [1.807, 2.05) is 0 Å². The number of esters is 1. The molecule has 0 atom stereocenters. The van der Waals surface area contributed by atoms with E-state index < -0.39 is 24.1 Å². The molecule has 0 radical (unpaired) electrons. The number of nitrogens with two attached hydrogens (primary N) is 1. The lowest BCUT2D eigenvalue weighted by Gasteiger charge is -2.15. The minimum absolute atomic E-state index is 0.0744. The average Bonchev–Trinajstić information content (AvgIpc) is 2.23.